The van der Waals surface area contributed by atoms with Gasteiger partial charge in [0.25, 0.3) is 5.91 Å². The maximum absolute atomic E-state index is 12.8. The Kier molecular flexibility index (Phi) is 7.59. The molecule has 0 unspecified atom stereocenters. The lowest BCUT2D eigenvalue weighted by molar-refractivity contribution is -0.118. The second-order valence-electron chi connectivity index (χ2n) is 8.98. The third kappa shape index (κ3) is 5.82. The number of amides is 1. The lowest BCUT2D eigenvalue weighted by atomic mass is 9.86. The molecule has 174 valence electrons. The molecule has 1 heterocycles. The summed E-state index contributed by atoms with van der Waals surface area (Å²) in [6.07, 6.45) is 0. The molecule has 3 aromatic rings. The smallest absolute Gasteiger partial charge is 0.341 e. The maximum atomic E-state index is 12.8. The van der Waals surface area contributed by atoms with Gasteiger partial charge in [-0.25, -0.2) is 4.79 Å². The van der Waals surface area contributed by atoms with Crippen molar-refractivity contribution >= 4 is 28.2 Å². The molecule has 0 aliphatic heterocycles. The second kappa shape index (κ2) is 10.2. The van der Waals surface area contributed by atoms with Gasteiger partial charge >= 0.3 is 5.97 Å². The number of nitrogens with one attached hydrogen (secondary N) is 1. The molecule has 0 radical (unpaired) electrons. The SMILES string of the molecule is CCOC(=O)c1c(-c2ccc(C)cc2C)csc1NC(=O)COc1ccccc1C(C)(C)C. The van der Waals surface area contributed by atoms with Crippen molar-refractivity contribution in [2.75, 3.05) is 18.5 Å². The van der Waals surface area contributed by atoms with Crippen LogP contribution < -0.4 is 10.1 Å². The van der Waals surface area contributed by atoms with Gasteiger partial charge in [0.1, 0.15) is 16.3 Å². The quantitative estimate of drug-likeness (QED) is 0.403. The topological polar surface area (TPSA) is 64.6 Å². The van der Waals surface area contributed by atoms with Crippen molar-refractivity contribution in [1.82, 2.24) is 0 Å². The van der Waals surface area contributed by atoms with E-state index in [-0.39, 0.29) is 24.5 Å². The van der Waals surface area contributed by atoms with E-state index in [9.17, 15) is 9.59 Å². The molecule has 0 saturated carbocycles. The molecule has 0 bridgehead atoms. The van der Waals surface area contributed by atoms with E-state index in [4.69, 9.17) is 9.47 Å². The van der Waals surface area contributed by atoms with Gasteiger partial charge in [0, 0.05) is 10.9 Å². The molecule has 1 aromatic heterocycles. The summed E-state index contributed by atoms with van der Waals surface area (Å²) in [5, 5.41) is 5.20. The zero-order chi connectivity index (χ0) is 24.2. The monoisotopic (exact) mass is 465 g/mol. The minimum atomic E-state index is -0.456. The van der Waals surface area contributed by atoms with Gasteiger partial charge in [-0.3, -0.25) is 4.79 Å². The highest BCUT2D eigenvalue weighted by atomic mass is 32.1. The van der Waals surface area contributed by atoms with E-state index >= 15 is 0 Å². The first-order valence-electron chi connectivity index (χ1n) is 11.0. The van der Waals surface area contributed by atoms with Gasteiger partial charge in [0.2, 0.25) is 0 Å². The van der Waals surface area contributed by atoms with Gasteiger partial charge in [-0.05, 0) is 48.9 Å². The van der Waals surface area contributed by atoms with Crippen LogP contribution in [0.25, 0.3) is 11.1 Å². The van der Waals surface area contributed by atoms with Crippen molar-refractivity contribution < 1.29 is 19.1 Å². The Morgan fingerprint density at radius 3 is 2.42 bits per heavy atom. The Morgan fingerprint density at radius 1 is 1.03 bits per heavy atom. The van der Waals surface area contributed by atoms with Crippen molar-refractivity contribution in [3.63, 3.8) is 0 Å². The number of ether oxygens (including phenoxy) is 2. The van der Waals surface area contributed by atoms with Crippen LogP contribution in [-0.2, 0) is 14.9 Å². The highest BCUT2D eigenvalue weighted by molar-refractivity contribution is 7.15. The molecular formula is C27H31NO4S. The number of benzene rings is 2. The summed E-state index contributed by atoms with van der Waals surface area (Å²) in [7, 11) is 0. The van der Waals surface area contributed by atoms with E-state index < -0.39 is 5.97 Å². The molecule has 3 rings (SSSR count). The Morgan fingerprint density at radius 2 is 1.76 bits per heavy atom. The van der Waals surface area contributed by atoms with Crippen LogP contribution in [0.1, 0.15) is 54.7 Å². The van der Waals surface area contributed by atoms with Crippen LogP contribution in [-0.4, -0.2) is 25.1 Å². The molecule has 0 aliphatic carbocycles. The first-order valence-corrected chi connectivity index (χ1v) is 11.9. The number of thiophene rings is 1. The molecule has 0 aliphatic rings. The molecule has 0 fully saturated rings. The summed E-state index contributed by atoms with van der Waals surface area (Å²) in [6, 6.07) is 13.8. The number of hydrogen-bond donors (Lipinski definition) is 1. The van der Waals surface area contributed by atoms with Crippen LogP contribution in [0.4, 0.5) is 5.00 Å². The zero-order valence-corrected chi connectivity index (χ0v) is 20.9. The van der Waals surface area contributed by atoms with Crippen LogP contribution in [0.15, 0.2) is 47.8 Å². The number of rotatable bonds is 7. The summed E-state index contributed by atoms with van der Waals surface area (Å²) < 4.78 is 11.1. The number of carbonyl (C=O) groups is 2. The van der Waals surface area contributed by atoms with E-state index in [0.29, 0.717) is 16.3 Å². The van der Waals surface area contributed by atoms with Gasteiger partial charge in [-0.1, -0.05) is 62.7 Å². The maximum Gasteiger partial charge on any atom is 0.341 e. The number of para-hydroxylation sites is 1. The van der Waals surface area contributed by atoms with Gasteiger partial charge < -0.3 is 14.8 Å². The largest absolute Gasteiger partial charge is 0.483 e. The fourth-order valence-electron chi connectivity index (χ4n) is 3.69. The lowest BCUT2D eigenvalue weighted by Crippen LogP contribution is -2.22. The second-order valence-corrected chi connectivity index (χ2v) is 9.86. The van der Waals surface area contributed by atoms with Gasteiger partial charge in [0.15, 0.2) is 6.61 Å². The van der Waals surface area contributed by atoms with Crippen molar-refractivity contribution in [3.05, 3.63) is 70.1 Å². The predicted molar refractivity (Wildman–Crippen MR) is 134 cm³/mol. The molecular weight excluding hydrogens is 434 g/mol. The van der Waals surface area contributed by atoms with Gasteiger partial charge in [0.05, 0.1) is 6.61 Å². The fraction of sp³-hybridized carbons (Fsp3) is 0.333. The van der Waals surface area contributed by atoms with Crippen molar-refractivity contribution in [3.8, 4) is 16.9 Å². The van der Waals surface area contributed by atoms with Gasteiger partial charge in [-0.2, -0.15) is 0 Å². The first-order chi connectivity index (χ1) is 15.6. The summed E-state index contributed by atoms with van der Waals surface area (Å²) in [6.45, 7) is 12.2. The third-order valence-corrected chi connectivity index (χ3v) is 6.14. The average Bonchev–Trinajstić information content (AvgIpc) is 3.15. The Hall–Kier alpha value is -3.12. The minimum Gasteiger partial charge on any atom is -0.483 e. The highest BCUT2D eigenvalue weighted by Gasteiger charge is 2.24. The molecule has 6 heteroatoms. The van der Waals surface area contributed by atoms with E-state index in [1.165, 1.54) is 11.3 Å². The molecule has 5 nitrogen and oxygen atoms in total. The van der Waals surface area contributed by atoms with Crippen LogP contribution in [0.5, 0.6) is 5.75 Å². The standard InChI is InChI=1S/C27H31NO4S/c1-7-31-26(30)24-20(19-13-12-17(2)14-18(19)3)16-33-25(24)28-23(29)15-32-22-11-9-8-10-21(22)27(4,5)6/h8-14,16H,7,15H2,1-6H3,(H,28,29). The molecule has 2 aromatic carbocycles. The molecule has 33 heavy (non-hydrogen) atoms. The number of aryl methyl sites for hydroxylation is 2. The van der Waals surface area contributed by atoms with Crippen molar-refractivity contribution in [1.29, 1.82) is 0 Å². The number of carbonyl (C=O) groups excluding carboxylic acids is 2. The van der Waals surface area contributed by atoms with Crippen LogP contribution in [0, 0.1) is 13.8 Å². The summed E-state index contributed by atoms with van der Waals surface area (Å²) in [4.78, 5) is 25.6. The lowest BCUT2D eigenvalue weighted by Gasteiger charge is -2.22. The Balaban J connectivity index is 1.84. The Bertz CT molecular complexity index is 1160. The zero-order valence-electron chi connectivity index (χ0n) is 20.1. The van der Waals surface area contributed by atoms with E-state index in [0.717, 1.165) is 27.8 Å². The van der Waals surface area contributed by atoms with Crippen molar-refractivity contribution in [2.45, 2.75) is 47.0 Å². The molecule has 0 saturated heterocycles. The van der Waals surface area contributed by atoms with E-state index in [1.807, 2.05) is 55.6 Å². The fourth-order valence-corrected chi connectivity index (χ4v) is 4.65. The summed E-state index contributed by atoms with van der Waals surface area (Å²) in [5.41, 5.74) is 5.18. The molecule has 0 atom stereocenters. The molecule has 0 spiro atoms. The van der Waals surface area contributed by atoms with E-state index in [1.54, 1.807) is 6.92 Å². The third-order valence-electron chi connectivity index (χ3n) is 5.25. The van der Waals surface area contributed by atoms with Gasteiger partial charge in [-0.15, -0.1) is 11.3 Å². The average molecular weight is 466 g/mol. The number of hydrogen-bond acceptors (Lipinski definition) is 5. The van der Waals surface area contributed by atoms with Crippen molar-refractivity contribution in [2.24, 2.45) is 0 Å². The van der Waals surface area contributed by atoms with E-state index in [2.05, 4.69) is 32.2 Å². The molecule has 1 N–H and O–H groups in total. The number of esters is 1. The minimum absolute atomic E-state index is 0.112. The van der Waals surface area contributed by atoms with Crippen LogP contribution >= 0.6 is 11.3 Å². The predicted octanol–water partition coefficient (Wildman–Crippen LogP) is 6.52. The number of anilines is 1. The first kappa shape index (κ1) is 24.5. The van der Waals surface area contributed by atoms with Crippen LogP contribution in [0.3, 0.4) is 0 Å². The Labute approximate surface area is 199 Å². The summed E-state index contributed by atoms with van der Waals surface area (Å²) in [5.74, 6) is -0.116. The highest BCUT2D eigenvalue weighted by Crippen LogP contribution is 2.38. The van der Waals surface area contributed by atoms with Crippen LogP contribution in [0.2, 0.25) is 0 Å². The normalized spacial score (nSPS) is 11.2. The molecule has 1 amide bonds. The summed E-state index contributed by atoms with van der Waals surface area (Å²) >= 11 is 1.31.